The highest BCUT2D eigenvalue weighted by molar-refractivity contribution is 5.43. The van der Waals surface area contributed by atoms with Gasteiger partial charge in [0.25, 0.3) is 0 Å². The molecule has 0 radical (unpaired) electrons. The van der Waals surface area contributed by atoms with Gasteiger partial charge in [-0.1, -0.05) is 13.0 Å². The number of ether oxygens (including phenoxy) is 2. The van der Waals surface area contributed by atoms with Crippen LogP contribution in [-0.4, -0.2) is 29.7 Å². The maximum absolute atomic E-state index is 5.68. The van der Waals surface area contributed by atoms with E-state index in [-0.39, 0.29) is 0 Å². The Morgan fingerprint density at radius 1 is 1.14 bits per heavy atom. The van der Waals surface area contributed by atoms with Crippen molar-refractivity contribution < 1.29 is 9.47 Å². The molecule has 0 aliphatic heterocycles. The van der Waals surface area contributed by atoms with Crippen LogP contribution in [0.1, 0.15) is 13.3 Å². The lowest BCUT2D eigenvalue weighted by molar-refractivity contribution is 0.304. The molecule has 3 N–H and O–H groups in total. The number of nitrogens with two attached hydrogens (primary N) is 1. The Bertz CT molecular complexity index is 563. The average molecular weight is 288 g/mol. The van der Waals surface area contributed by atoms with Crippen LogP contribution in [0.15, 0.2) is 36.7 Å². The Morgan fingerprint density at radius 2 is 2.05 bits per heavy atom. The molecule has 112 valence electrons. The summed E-state index contributed by atoms with van der Waals surface area (Å²) in [5, 5.41) is 3.16. The summed E-state index contributed by atoms with van der Waals surface area (Å²) in [6, 6.07) is 9.12. The average Bonchev–Trinajstić information content (AvgIpc) is 2.50. The van der Waals surface area contributed by atoms with Gasteiger partial charge in [-0.25, -0.2) is 9.97 Å². The molecule has 0 aliphatic rings. The zero-order chi connectivity index (χ0) is 14.9. The Hall–Kier alpha value is -2.50. The minimum Gasteiger partial charge on any atom is -0.492 e. The van der Waals surface area contributed by atoms with Gasteiger partial charge in [-0.2, -0.15) is 0 Å². The lowest BCUT2D eigenvalue weighted by Gasteiger charge is -2.09. The topological polar surface area (TPSA) is 82.3 Å². The van der Waals surface area contributed by atoms with Crippen LogP contribution < -0.4 is 20.5 Å². The summed E-state index contributed by atoms with van der Waals surface area (Å²) < 4.78 is 11.0. The highest BCUT2D eigenvalue weighted by Crippen LogP contribution is 2.14. The molecule has 0 atom stereocenters. The predicted molar refractivity (Wildman–Crippen MR) is 82.7 cm³/mol. The summed E-state index contributed by atoms with van der Waals surface area (Å²) >= 11 is 0. The second kappa shape index (κ2) is 7.94. The van der Waals surface area contributed by atoms with Crippen LogP contribution >= 0.6 is 0 Å². The van der Waals surface area contributed by atoms with Gasteiger partial charge in [0.15, 0.2) is 0 Å². The zero-order valence-corrected chi connectivity index (χ0v) is 12.1. The molecule has 21 heavy (non-hydrogen) atoms. The third-order valence-corrected chi connectivity index (χ3v) is 2.63. The third kappa shape index (κ3) is 5.18. The molecule has 2 rings (SSSR count). The first kappa shape index (κ1) is 14.9. The maximum atomic E-state index is 5.68. The van der Waals surface area contributed by atoms with E-state index in [9.17, 15) is 0 Å². The van der Waals surface area contributed by atoms with E-state index in [1.54, 1.807) is 12.1 Å². The summed E-state index contributed by atoms with van der Waals surface area (Å²) in [5.41, 5.74) is 6.37. The van der Waals surface area contributed by atoms with Gasteiger partial charge in [0.05, 0.1) is 13.2 Å². The van der Waals surface area contributed by atoms with Gasteiger partial charge in [-0.05, 0) is 18.6 Å². The predicted octanol–water partition coefficient (Wildman–Crippen LogP) is 2.34. The van der Waals surface area contributed by atoms with Crippen molar-refractivity contribution in [1.29, 1.82) is 0 Å². The molecule has 1 aromatic carbocycles. The Balaban J connectivity index is 1.75. The number of nitrogens with zero attached hydrogens (tertiary/aromatic N) is 2. The molecule has 0 saturated carbocycles. The molecule has 1 aromatic heterocycles. The first-order chi connectivity index (χ1) is 10.3. The second-order valence-corrected chi connectivity index (χ2v) is 4.44. The minimum absolute atomic E-state index is 0.513. The number of nitrogens with one attached hydrogen (secondary N) is 1. The van der Waals surface area contributed by atoms with Crippen LogP contribution in [-0.2, 0) is 0 Å². The van der Waals surface area contributed by atoms with Gasteiger partial charge >= 0.3 is 0 Å². The smallest absolute Gasteiger partial charge is 0.218 e. The largest absolute Gasteiger partial charge is 0.492 e. The van der Waals surface area contributed by atoms with Crippen LogP contribution in [0.2, 0.25) is 0 Å². The van der Waals surface area contributed by atoms with Crippen molar-refractivity contribution in [2.45, 2.75) is 13.3 Å². The lowest BCUT2D eigenvalue weighted by atomic mass is 10.3. The molecule has 0 unspecified atom stereocenters. The van der Waals surface area contributed by atoms with E-state index >= 15 is 0 Å². The van der Waals surface area contributed by atoms with Crippen molar-refractivity contribution in [2.75, 3.05) is 30.8 Å². The Kier molecular flexibility index (Phi) is 5.63. The van der Waals surface area contributed by atoms with Crippen LogP contribution in [0.3, 0.4) is 0 Å². The van der Waals surface area contributed by atoms with Crippen LogP contribution in [0.25, 0.3) is 0 Å². The van der Waals surface area contributed by atoms with Crippen LogP contribution in [0, 0.1) is 0 Å². The van der Waals surface area contributed by atoms with E-state index in [4.69, 9.17) is 15.2 Å². The van der Waals surface area contributed by atoms with E-state index < -0.39 is 0 Å². The summed E-state index contributed by atoms with van der Waals surface area (Å²) in [7, 11) is 0. The molecule has 6 nitrogen and oxygen atoms in total. The van der Waals surface area contributed by atoms with E-state index in [1.165, 1.54) is 6.33 Å². The molecule has 0 saturated heterocycles. The highest BCUT2D eigenvalue weighted by atomic mass is 16.5. The highest BCUT2D eigenvalue weighted by Gasteiger charge is 1.99. The first-order valence-electron chi connectivity index (χ1n) is 6.95. The Labute approximate surface area is 124 Å². The SMILES string of the molecule is CCCOc1cc(NCCOc2cccc(N)c2)ncn1. The van der Waals surface area contributed by atoms with Gasteiger partial charge in [-0.3, -0.25) is 0 Å². The van der Waals surface area contributed by atoms with Crippen molar-refractivity contribution in [1.82, 2.24) is 9.97 Å². The van der Waals surface area contributed by atoms with E-state index in [1.807, 2.05) is 25.1 Å². The number of aromatic nitrogens is 2. The lowest BCUT2D eigenvalue weighted by Crippen LogP contribution is -2.12. The first-order valence-corrected chi connectivity index (χ1v) is 6.95. The molecule has 6 heteroatoms. The number of rotatable bonds is 8. The van der Waals surface area contributed by atoms with Crippen LogP contribution in [0.5, 0.6) is 11.6 Å². The van der Waals surface area contributed by atoms with E-state index in [0.717, 1.165) is 12.2 Å². The van der Waals surface area contributed by atoms with E-state index in [2.05, 4.69) is 15.3 Å². The van der Waals surface area contributed by atoms with Crippen molar-refractivity contribution in [2.24, 2.45) is 0 Å². The van der Waals surface area contributed by atoms with Crippen molar-refractivity contribution in [3.05, 3.63) is 36.7 Å². The van der Waals surface area contributed by atoms with Crippen molar-refractivity contribution >= 4 is 11.5 Å². The molecule has 2 aromatic rings. The van der Waals surface area contributed by atoms with Crippen molar-refractivity contribution in [3.8, 4) is 11.6 Å². The fourth-order valence-electron chi connectivity index (χ4n) is 1.67. The molecule has 0 fully saturated rings. The van der Waals surface area contributed by atoms with E-state index in [0.29, 0.717) is 37.1 Å². The zero-order valence-electron chi connectivity index (χ0n) is 12.1. The fraction of sp³-hybridized carbons (Fsp3) is 0.333. The number of nitrogen functional groups attached to an aromatic ring is 1. The minimum atomic E-state index is 0.513. The monoisotopic (exact) mass is 288 g/mol. The van der Waals surface area contributed by atoms with Gasteiger partial charge in [0.1, 0.15) is 24.5 Å². The molecular weight excluding hydrogens is 268 g/mol. The van der Waals surface area contributed by atoms with Crippen molar-refractivity contribution in [3.63, 3.8) is 0 Å². The number of hydrogen-bond donors (Lipinski definition) is 2. The quantitative estimate of drug-likeness (QED) is 0.573. The number of anilines is 2. The van der Waals surface area contributed by atoms with Gasteiger partial charge < -0.3 is 20.5 Å². The summed E-state index contributed by atoms with van der Waals surface area (Å²) in [4.78, 5) is 8.17. The van der Waals surface area contributed by atoms with Crippen LogP contribution in [0.4, 0.5) is 11.5 Å². The number of benzene rings is 1. The standard InChI is InChI=1S/C15H20N4O2/c1-2-7-21-15-10-14(18-11-19-15)17-6-8-20-13-5-3-4-12(16)9-13/h3-5,9-11H,2,6-8,16H2,1H3,(H,17,18,19). The van der Waals surface area contributed by atoms with Gasteiger partial charge in [0.2, 0.25) is 5.88 Å². The molecule has 0 amide bonds. The molecule has 0 aliphatic carbocycles. The summed E-state index contributed by atoms with van der Waals surface area (Å²) in [6.07, 6.45) is 2.42. The fourth-order valence-corrected chi connectivity index (χ4v) is 1.67. The summed E-state index contributed by atoms with van der Waals surface area (Å²) in [5.74, 6) is 2.05. The second-order valence-electron chi connectivity index (χ2n) is 4.44. The normalized spacial score (nSPS) is 10.1. The maximum Gasteiger partial charge on any atom is 0.218 e. The molecular formula is C15H20N4O2. The van der Waals surface area contributed by atoms with Gasteiger partial charge in [0, 0.05) is 17.8 Å². The molecule has 0 bridgehead atoms. The number of hydrogen-bond acceptors (Lipinski definition) is 6. The Morgan fingerprint density at radius 3 is 2.86 bits per heavy atom. The molecule has 0 spiro atoms. The third-order valence-electron chi connectivity index (χ3n) is 2.63. The van der Waals surface area contributed by atoms with Gasteiger partial charge in [-0.15, -0.1) is 0 Å². The summed E-state index contributed by atoms with van der Waals surface area (Å²) in [6.45, 7) is 3.83. The molecule has 1 heterocycles.